The zero-order valence-corrected chi connectivity index (χ0v) is 9.60. The first-order valence-corrected chi connectivity index (χ1v) is 5.95. The van der Waals surface area contributed by atoms with Crippen molar-refractivity contribution in [2.24, 2.45) is 0 Å². The molecule has 0 radical (unpaired) electrons. The number of pyridine rings is 1. The van der Waals surface area contributed by atoms with Crippen LogP contribution in [0.4, 0.5) is 0 Å². The molecular weight excluding hydrogens is 198 g/mol. The van der Waals surface area contributed by atoms with Gasteiger partial charge in [-0.15, -0.1) is 0 Å². The lowest BCUT2D eigenvalue weighted by Gasteiger charge is -2.16. The van der Waals surface area contributed by atoms with E-state index >= 15 is 0 Å². The van der Waals surface area contributed by atoms with Crippen LogP contribution in [-0.2, 0) is 0 Å². The Morgan fingerprint density at radius 1 is 1.38 bits per heavy atom. The molecule has 1 aliphatic rings. The Hall–Kier alpha value is -1.19. The summed E-state index contributed by atoms with van der Waals surface area (Å²) in [6.45, 7) is 5.65. The van der Waals surface area contributed by atoms with Gasteiger partial charge in [-0.05, 0) is 31.1 Å². The second-order valence-corrected chi connectivity index (χ2v) is 4.09. The van der Waals surface area contributed by atoms with E-state index in [4.69, 9.17) is 0 Å². The lowest BCUT2D eigenvalue weighted by Crippen LogP contribution is -2.28. The number of rotatable bonds is 3. The number of aromatic nitrogens is 1. The second-order valence-electron chi connectivity index (χ2n) is 4.09. The molecule has 2 rings (SSSR count). The molecule has 0 aliphatic carbocycles. The summed E-state index contributed by atoms with van der Waals surface area (Å²) in [4.78, 5) is 6.57. The molecule has 16 heavy (non-hydrogen) atoms. The first-order chi connectivity index (χ1) is 7.95. The molecule has 1 N–H and O–H groups in total. The summed E-state index contributed by atoms with van der Waals surface area (Å²) in [5.41, 5.74) is 1.18. The van der Waals surface area contributed by atoms with Crippen LogP contribution in [0.5, 0.6) is 0 Å². The topological polar surface area (TPSA) is 28.2 Å². The Kier molecular flexibility index (Phi) is 4.52. The van der Waals surface area contributed by atoms with Gasteiger partial charge in [0.15, 0.2) is 0 Å². The molecule has 1 aromatic heterocycles. The van der Waals surface area contributed by atoms with Crippen LogP contribution in [0.1, 0.15) is 12.0 Å². The lowest BCUT2D eigenvalue weighted by molar-refractivity contribution is 0.324. The van der Waals surface area contributed by atoms with Crippen molar-refractivity contribution in [3.05, 3.63) is 36.2 Å². The number of hydrogen-bond donors (Lipinski definition) is 1. The number of nitrogens with zero attached hydrogens (tertiary/aromatic N) is 2. The van der Waals surface area contributed by atoms with Gasteiger partial charge in [0.05, 0.1) is 0 Å². The minimum atomic E-state index is 1.04. The van der Waals surface area contributed by atoms with E-state index in [1.165, 1.54) is 18.5 Å². The highest BCUT2D eigenvalue weighted by Crippen LogP contribution is 2.00. The van der Waals surface area contributed by atoms with Gasteiger partial charge in [0.25, 0.3) is 0 Å². The van der Waals surface area contributed by atoms with Crippen molar-refractivity contribution >= 4 is 6.08 Å². The largest absolute Gasteiger partial charge is 0.315 e. The minimum Gasteiger partial charge on any atom is -0.315 e. The van der Waals surface area contributed by atoms with Crippen LogP contribution in [0.15, 0.2) is 30.6 Å². The highest BCUT2D eigenvalue weighted by Gasteiger charge is 2.05. The van der Waals surface area contributed by atoms with Gasteiger partial charge in [-0.1, -0.05) is 18.2 Å². The maximum atomic E-state index is 4.09. The van der Waals surface area contributed by atoms with E-state index in [1.54, 1.807) is 6.20 Å². The van der Waals surface area contributed by atoms with Crippen LogP contribution in [0, 0.1) is 0 Å². The van der Waals surface area contributed by atoms with Gasteiger partial charge in [-0.2, -0.15) is 0 Å². The monoisotopic (exact) mass is 217 g/mol. The minimum absolute atomic E-state index is 1.04. The third-order valence-electron chi connectivity index (χ3n) is 2.79. The SMILES string of the molecule is C(=C\c1cccnc1)/CN1CCCNCC1. The third-order valence-corrected chi connectivity index (χ3v) is 2.79. The quantitative estimate of drug-likeness (QED) is 0.829. The predicted octanol–water partition coefficient (Wildman–Crippen LogP) is 1.39. The molecule has 2 heterocycles. The zero-order valence-electron chi connectivity index (χ0n) is 9.60. The van der Waals surface area contributed by atoms with Crippen molar-refractivity contribution in [3.8, 4) is 0 Å². The highest BCUT2D eigenvalue weighted by molar-refractivity contribution is 5.47. The summed E-state index contributed by atoms with van der Waals surface area (Å²) in [5, 5.41) is 3.41. The van der Waals surface area contributed by atoms with Crippen LogP contribution in [0.2, 0.25) is 0 Å². The van der Waals surface area contributed by atoms with Gasteiger partial charge in [0.2, 0.25) is 0 Å². The molecular formula is C13H19N3. The lowest BCUT2D eigenvalue weighted by atomic mass is 10.2. The Bertz CT molecular complexity index is 313. The second kappa shape index (κ2) is 6.40. The van der Waals surface area contributed by atoms with E-state index in [0.29, 0.717) is 0 Å². The van der Waals surface area contributed by atoms with Gasteiger partial charge in [-0.25, -0.2) is 0 Å². The fourth-order valence-corrected chi connectivity index (χ4v) is 1.90. The molecule has 1 saturated heterocycles. The van der Waals surface area contributed by atoms with Crippen LogP contribution in [-0.4, -0.2) is 42.6 Å². The van der Waals surface area contributed by atoms with Gasteiger partial charge in [0, 0.05) is 32.0 Å². The maximum Gasteiger partial charge on any atom is 0.0340 e. The number of hydrogen-bond acceptors (Lipinski definition) is 3. The molecule has 0 aromatic carbocycles. The summed E-state index contributed by atoms with van der Waals surface area (Å²) < 4.78 is 0. The molecule has 0 saturated carbocycles. The summed E-state index contributed by atoms with van der Waals surface area (Å²) in [7, 11) is 0. The highest BCUT2D eigenvalue weighted by atomic mass is 15.1. The molecule has 1 fully saturated rings. The van der Waals surface area contributed by atoms with Crippen molar-refractivity contribution in [3.63, 3.8) is 0 Å². The fourth-order valence-electron chi connectivity index (χ4n) is 1.90. The molecule has 0 unspecified atom stereocenters. The molecule has 3 nitrogen and oxygen atoms in total. The fraction of sp³-hybridized carbons (Fsp3) is 0.462. The van der Waals surface area contributed by atoms with Crippen molar-refractivity contribution in [1.29, 1.82) is 0 Å². The van der Waals surface area contributed by atoms with Crippen molar-refractivity contribution < 1.29 is 0 Å². The van der Waals surface area contributed by atoms with E-state index in [-0.39, 0.29) is 0 Å². The van der Waals surface area contributed by atoms with E-state index in [9.17, 15) is 0 Å². The Labute approximate surface area is 97.2 Å². The van der Waals surface area contributed by atoms with Crippen LogP contribution < -0.4 is 5.32 Å². The Balaban J connectivity index is 1.79. The van der Waals surface area contributed by atoms with Gasteiger partial charge >= 0.3 is 0 Å². The molecule has 1 aliphatic heterocycles. The summed E-state index contributed by atoms with van der Waals surface area (Å²) in [6, 6.07) is 4.04. The first-order valence-electron chi connectivity index (χ1n) is 5.95. The van der Waals surface area contributed by atoms with Gasteiger partial charge in [-0.3, -0.25) is 9.88 Å². The van der Waals surface area contributed by atoms with E-state index in [0.717, 1.165) is 26.2 Å². The summed E-state index contributed by atoms with van der Waals surface area (Å²) in [5.74, 6) is 0. The number of nitrogens with one attached hydrogen (secondary N) is 1. The zero-order chi connectivity index (χ0) is 11.1. The first kappa shape index (κ1) is 11.3. The Morgan fingerprint density at radius 2 is 2.38 bits per heavy atom. The van der Waals surface area contributed by atoms with E-state index < -0.39 is 0 Å². The smallest absolute Gasteiger partial charge is 0.0340 e. The predicted molar refractivity (Wildman–Crippen MR) is 67.2 cm³/mol. The van der Waals surface area contributed by atoms with Crippen LogP contribution in [0.3, 0.4) is 0 Å². The molecule has 1 aromatic rings. The van der Waals surface area contributed by atoms with Crippen LogP contribution in [0.25, 0.3) is 6.08 Å². The normalized spacial score (nSPS) is 18.8. The van der Waals surface area contributed by atoms with Crippen molar-refractivity contribution in [2.75, 3.05) is 32.7 Å². The van der Waals surface area contributed by atoms with E-state index in [2.05, 4.69) is 33.4 Å². The Morgan fingerprint density at radius 3 is 3.25 bits per heavy atom. The van der Waals surface area contributed by atoms with Gasteiger partial charge < -0.3 is 5.32 Å². The molecule has 3 heteroatoms. The average Bonchev–Trinajstić information content (AvgIpc) is 2.59. The standard InChI is InChI=1S/C13H19N3/c1-4-13(12-15-6-1)5-2-9-16-10-3-7-14-8-11-16/h1-2,4-6,12,14H,3,7-11H2/b5-2+. The molecule has 86 valence electrons. The maximum absolute atomic E-state index is 4.09. The third kappa shape index (κ3) is 3.76. The van der Waals surface area contributed by atoms with E-state index in [1.807, 2.05) is 12.3 Å². The average molecular weight is 217 g/mol. The van der Waals surface area contributed by atoms with Crippen molar-refractivity contribution in [2.45, 2.75) is 6.42 Å². The van der Waals surface area contributed by atoms with Crippen LogP contribution >= 0.6 is 0 Å². The molecule has 0 spiro atoms. The van der Waals surface area contributed by atoms with Crippen molar-refractivity contribution in [1.82, 2.24) is 15.2 Å². The molecule has 0 atom stereocenters. The summed E-state index contributed by atoms with van der Waals surface area (Å²) >= 11 is 0. The van der Waals surface area contributed by atoms with Gasteiger partial charge in [0.1, 0.15) is 0 Å². The summed E-state index contributed by atoms with van der Waals surface area (Å²) in [6.07, 6.45) is 9.31. The molecule has 0 amide bonds. The molecule has 0 bridgehead atoms.